The summed E-state index contributed by atoms with van der Waals surface area (Å²) in [6.07, 6.45) is 6.00. The second kappa shape index (κ2) is 12.8. The van der Waals surface area contributed by atoms with Gasteiger partial charge < -0.3 is 33.2 Å². The van der Waals surface area contributed by atoms with Crippen molar-refractivity contribution in [1.82, 2.24) is 0 Å². The van der Waals surface area contributed by atoms with Crippen LogP contribution in [0.5, 0.6) is 34.5 Å². The van der Waals surface area contributed by atoms with Gasteiger partial charge in [-0.15, -0.1) is 11.3 Å². The predicted molar refractivity (Wildman–Crippen MR) is 162 cm³/mol. The first-order valence-electron chi connectivity index (χ1n) is 13.7. The van der Waals surface area contributed by atoms with Crippen LogP contribution >= 0.6 is 11.3 Å². The molecule has 43 heavy (non-hydrogen) atoms. The number of fused-ring (bicyclic) bond motifs is 2. The lowest BCUT2D eigenvalue weighted by atomic mass is 9.71. The number of ether oxygens (including phenoxy) is 7. The van der Waals surface area contributed by atoms with E-state index in [4.69, 9.17) is 33.2 Å². The van der Waals surface area contributed by atoms with Gasteiger partial charge in [0.2, 0.25) is 11.5 Å². The molecule has 1 aromatic heterocycles. The lowest BCUT2D eigenvalue weighted by molar-refractivity contribution is -0.119. The highest BCUT2D eigenvalue weighted by atomic mass is 32.1. The zero-order valence-electron chi connectivity index (χ0n) is 24.9. The van der Waals surface area contributed by atoms with Gasteiger partial charge in [0, 0.05) is 24.2 Å². The van der Waals surface area contributed by atoms with E-state index in [-0.39, 0.29) is 17.6 Å². The average molecular weight is 607 g/mol. The molecular formula is C33H34O9S. The molecule has 0 spiro atoms. The van der Waals surface area contributed by atoms with Crippen molar-refractivity contribution in [2.24, 2.45) is 17.8 Å². The quantitative estimate of drug-likeness (QED) is 0.237. The minimum Gasteiger partial charge on any atom is -0.493 e. The van der Waals surface area contributed by atoms with Crippen molar-refractivity contribution in [2.45, 2.75) is 12.3 Å². The maximum Gasteiger partial charge on any atom is 0.353 e. The Morgan fingerprint density at radius 1 is 0.837 bits per heavy atom. The highest BCUT2D eigenvalue weighted by Gasteiger charge is 2.50. The molecule has 2 aromatic carbocycles. The van der Waals surface area contributed by atoms with Crippen LogP contribution in [0.15, 0.2) is 59.7 Å². The van der Waals surface area contributed by atoms with Gasteiger partial charge in [0.25, 0.3) is 0 Å². The molecule has 0 amide bonds. The monoisotopic (exact) mass is 606 g/mol. The average Bonchev–Trinajstić information content (AvgIpc) is 3.65. The third kappa shape index (κ3) is 5.67. The molecule has 10 heteroatoms. The fraction of sp³-hybridized carbons (Fsp3) is 0.333. The number of carbonyl (C=O) groups is 2. The summed E-state index contributed by atoms with van der Waals surface area (Å²) in [6, 6.07) is 11.0. The first-order chi connectivity index (χ1) is 20.9. The first-order valence-corrected chi connectivity index (χ1v) is 14.5. The molecule has 1 fully saturated rings. The summed E-state index contributed by atoms with van der Waals surface area (Å²) in [6.45, 7) is 0. The van der Waals surface area contributed by atoms with Crippen LogP contribution in [0.3, 0.4) is 0 Å². The molecule has 4 atom stereocenters. The third-order valence-electron chi connectivity index (χ3n) is 7.98. The Bertz CT molecular complexity index is 1510. The lowest BCUT2D eigenvalue weighted by Crippen LogP contribution is -2.28. The van der Waals surface area contributed by atoms with E-state index in [1.54, 1.807) is 60.9 Å². The molecule has 226 valence electrons. The molecule has 0 unspecified atom stereocenters. The van der Waals surface area contributed by atoms with Crippen molar-refractivity contribution >= 4 is 29.2 Å². The van der Waals surface area contributed by atoms with Crippen molar-refractivity contribution in [1.29, 1.82) is 0 Å². The Morgan fingerprint density at radius 3 is 1.93 bits per heavy atom. The van der Waals surface area contributed by atoms with Crippen molar-refractivity contribution < 1.29 is 42.7 Å². The summed E-state index contributed by atoms with van der Waals surface area (Å²) in [5.41, 5.74) is 1.66. The third-order valence-corrected chi connectivity index (χ3v) is 8.83. The van der Waals surface area contributed by atoms with Crippen molar-refractivity contribution in [3.05, 3.63) is 75.7 Å². The normalized spacial score (nSPS) is 20.9. The number of hydrogen-bond acceptors (Lipinski definition) is 10. The number of ketones is 1. The largest absolute Gasteiger partial charge is 0.493 e. The molecule has 2 aliphatic carbocycles. The molecular weight excluding hydrogens is 572 g/mol. The van der Waals surface area contributed by atoms with Crippen LogP contribution in [0.4, 0.5) is 0 Å². The molecule has 3 aromatic rings. The fourth-order valence-corrected chi connectivity index (χ4v) is 6.66. The molecule has 5 rings (SSSR count). The van der Waals surface area contributed by atoms with E-state index in [1.807, 2.05) is 41.8 Å². The smallest absolute Gasteiger partial charge is 0.353 e. The minimum absolute atomic E-state index is 0.0807. The van der Waals surface area contributed by atoms with Gasteiger partial charge in [0.1, 0.15) is 16.4 Å². The van der Waals surface area contributed by atoms with Gasteiger partial charge in [-0.1, -0.05) is 18.2 Å². The number of benzene rings is 2. The van der Waals surface area contributed by atoms with Crippen LogP contribution < -0.4 is 28.4 Å². The van der Waals surface area contributed by atoms with Gasteiger partial charge in [-0.2, -0.15) is 0 Å². The minimum atomic E-state index is -0.482. The van der Waals surface area contributed by atoms with E-state index in [0.29, 0.717) is 51.6 Å². The van der Waals surface area contributed by atoms with E-state index in [0.717, 1.165) is 11.1 Å². The van der Waals surface area contributed by atoms with Crippen LogP contribution in [0.1, 0.15) is 33.1 Å². The Hall–Kier alpha value is -4.44. The van der Waals surface area contributed by atoms with Gasteiger partial charge in [-0.25, -0.2) is 4.79 Å². The van der Waals surface area contributed by atoms with Crippen LogP contribution in [-0.4, -0.2) is 54.4 Å². The molecule has 9 nitrogen and oxygen atoms in total. The molecule has 0 radical (unpaired) electrons. The number of thiophene rings is 1. The van der Waals surface area contributed by atoms with E-state index in [2.05, 4.69) is 0 Å². The second-order valence-electron chi connectivity index (χ2n) is 10.1. The van der Waals surface area contributed by atoms with Crippen molar-refractivity contribution in [3.63, 3.8) is 0 Å². The molecule has 0 saturated heterocycles. The SMILES string of the molecule is COc1cc(/C=C/[C@@H]2C(OC(=O)c3cccs3)=C[C@@H]3C(=O)C[C@H]2[C@H]3c2cc(OC)c(OC)c(OC)c2)cc(OC)c1OC. The Balaban J connectivity index is 1.59. The van der Waals surface area contributed by atoms with Gasteiger partial charge in [-0.05, 0) is 58.8 Å². The highest BCUT2D eigenvalue weighted by Crippen LogP contribution is 2.55. The summed E-state index contributed by atoms with van der Waals surface area (Å²) in [4.78, 5) is 27.0. The van der Waals surface area contributed by atoms with Gasteiger partial charge in [0.15, 0.2) is 23.0 Å². The molecule has 2 bridgehead atoms. The van der Waals surface area contributed by atoms with Crippen molar-refractivity contribution in [2.75, 3.05) is 42.7 Å². The number of methoxy groups -OCH3 is 6. The van der Waals surface area contributed by atoms with E-state index < -0.39 is 17.8 Å². The standard InChI is InChI=1S/C33H34O9S/c1-36-25-12-18(13-26(37-2)31(25)40-5)9-10-20-21-16-23(34)22(17-24(20)42-33(35)29-8-7-11-43-29)30(21)19-14-27(38-3)32(41-6)28(15-19)39-4/h7-15,17,20-22,30H,16H2,1-6H3/b10-9+/t20-,21+,22+,30+/m0/s1. The van der Waals surface area contributed by atoms with Crippen LogP contribution in [0.2, 0.25) is 0 Å². The summed E-state index contributed by atoms with van der Waals surface area (Å²) >= 11 is 1.30. The summed E-state index contributed by atoms with van der Waals surface area (Å²) in [5, 5.41) is 1.82. The maximum atomic E-state index is 13.4. The lowest BCUT2D eigenvalue weighted by Gasteiger charge is -2.34. The van der Waals surface area contributed by atoms with Crippen LogP contribution in [-0.2, 0) is 9.53 Å². The number of rotatable bonds is 11. The summed E-state index contributed by atoms with van der Waals surface area (Å²) < 4.78 is 39.3. The topological polar surface area (TPSA) is 98.8 Å². The Morgan fingerprint density at radius 2 is 1.42 bits per heavy atom. The molecule has 2 aliphatic rings. The number of carbonyl (C=O) groups excluding carboxylic acids is 2. The van der Waals surface area contributed by atoms with Crippen LogP contribution in [0.25, 0.3) is 6.08 Å². The van der Waals surface area contributed by atoms with E-state index in [9.17, 15) is 9.59 Å². The maximum absolute atomic E-state index is 13.4. The predicted octanol–water partition coefficient (Wildman–Crippen LogP) is 6.17. The summed E-state index contributed by atoms with van der Waals surface area (Å²) in [5.74, 6) is 1.79. The Labute approximate surface area is 254 Å². The van der Waals surface area contributed by atoms with E-state index in [1.165, 1.54) is 11.3 Å². The van der Waals surface area contributed by atoms with E-state index >= 15 is 0 Å². The molecule has 1 saturated carbocycles. The number of hydrogen-bond donors (Lipinski definition) is 0. The van der Waals surface area contributed by atoms with Gasteiger partial charge in [0.05, 0.1) is 42.7 Å². The number of Topliss-reactive ketones (excluding diaryl/α,β-unsaturated/α-hetero) is 1. The Kier molecular flexibility index (Phi) is 8.96. The number of allylic oxidation sites excluding steroid dienone is 2. The molecule has 1 heterocycles. The highest BCUT2D eigenvalue weighted by molar-refractivity contribution is 7.11. The zero-order chi connectivity index (χ0) is 30.7. The van der Waals surface area contributed by atoms with Crippen molar-refractivity contribution in [3.8, 4) is 34.5 Å². The second-order valence-corrected chi connectivity index (χ2v) is 11.1. The summed E-state index contributed by atoms with van der Waals surface area (Å²) in [7, 11) is 9.34. The first kappa shape index (κ1) is 30.0. The van der Waals surface area contributed by atoms with Gasteiger partial charge >= 0.3 is 5.97 Å². The molecule has 0 N–H and O–H groups in total. The molecule has 0 aliphatic heterocycles. The fourth-order valence-electron chi connectivity index (χ4n) is 6.06. The zero-order valence-corrected chi connectivity index (χ0v) is 25.7. The number of esters is 1. The van der Waals surface area contributed by atoms with Crippen LogP contribution in [0, 0.1) is 17.8 Å². The van der Waals surface area contributed by atoms with Gasteiger partial charge in [-0.3, -0.25) is 4.79 Å².